The summed E-state index contributed by atoms with van der Waals surface area (Å²) in [7, 11) is 1.64. The molecule has 0 unspecified atom stereocenters. The van der Waals surface area contributed by atoms with E-state index in [4.69, 9.17) is 16.3 Å². The van der Waals surface area contributed by atoms with Crippen LogP contribution in [0.2, 0.25) is 5.15 Å². The summed E-state index contributed by atoms with van der Waals surface area (Å²) in [6.07, 6.45) is 1.69. The number of hydrogen-bond donors (Lipinski definition) is 1. The number of nitrogens with zero attached hydrogens (tertiary/aromatic N) is 2. The second kappa shape index (κ2) is 7.33. The Morgan fingerprint density at radius 1 is 1.23 bits per heavy atom. The van der Waals surface area contributed by atoms with E-state index >= 15 is 0 Å². The summed E-state index contributed by atoms with van der Waals surface area (Å²) >= 11 is 7.24. The Kier molecular flexibility index (Phi) is 5.69. The van der Waals surface area contributed by atoms with Crippen LogP contribution in [0.15, 0.2) is 47.5 Å². The van der Waals surface area contributed by atoms with Crippen LogP contribution in [0, 0.1) is 0 Å². The molecule has 0 atom stereocenters. The average Bonchev–Trinajstić information content (AvgIpc) is 2.48. The molecule has 0 saturated heterocycles. The number of methoxy groups -OCH3 is 1. The van der Waals surface area contributed by atoms with Crippen LogP contribution in [0.25, 0.3) is 0 Å². The Morgan fingerprint density at radius 3 is 2.41 bits per heavy atom. The second-order valence-corrected chi connectivity index (χ2v) is 6.77. The van der Waals surface area contributed by atoms with Crippen molar-refractivity contribution in [2.75, 3.05) is 7.11 Å². The maximum atomic E-state index is 10.4. The Morgan fingerprint density at radius 2 is 1.91 bits per heavy atom. The number of benzene rings is 1. The largest absolute Gasteiger partial charge is 0.497 e. The molecule has 0 spiro atoms. The molecule has 0 amide bonds. The lowest BCUT2D eigenvalue weighted by atomic mass is 10.2. The van der Waals surface area contributed by atoms with Crippen LogP contribution < -0.4 is 4.74 Å². The first-order valence-electron chi connectivity index (χ1n) is 6.81. The molecule has 1 aromatic heterocycles. The number of hydrogen-bond acceptors (Lipinski definition) is 5. The summed E-state index contributed by atoms with van der Waals surface area (Å²) in [4.78, 5) is 4.98. The zero-order valence-corrected chi connectivity index (χ0v) is 14.4. The topological polar surface area (TPSA) is 45.6 Å². The Labute approximate surface area is 140 Å². The van der Waals surface area contributed by atoms with Crippen molar-refractivity contribution in [1.29, 1.82) is 0 Å². The third kappa shape index (κ3) is 4.88. The number of aromatic nitrogens is 1. The molecular weight excluding hydrogens is 320 g/mol. The quantitative estimate of drug-likeness (QED) is 0.490. The monoisotopic (exact) mass is 338 g/mol. The van der Waals surface area contributed by atoms with Crippen molar-refractivity contribution in [2.24, 2.45) is 0 Å². The molecule has 1 heterocycles. The van der Waals surface area contributed by atoms with E-state index in [1.807, 2.05) is 34.6 Å². The van der Waals surface area contributed by atoms with Gasteiger partial charge in [0.25, 0.3) is 0 Å². The van der Waals surface area contributed by atoms with Gasteiger partial charge in [0, 0.05) is 17.6 Å². The predicted octanol–water partition coefficient (Wildman–Crippen LogP) is 3.98. The lowest BCUT2D eigenvalue weighted by Gasteiger charge is -2.32. The van der Waals surface area contributed by atoms with Crippen LogP contribution in [-0.2, 0) is 6.54 Å². The van der Waals surface area contributed by atoms with Crippen LogP contribution >= 0.6 is 23.5 Å². The van der Waals surface area contributed by atoms with Crippen molar-refractivity contribution in [2.45, 2.75) is 31.0 Å². The number of halogens is 1. The summed E-state index contributed by atoms with van der Waals surface area (Å²) in [6, 6.07) is 11.4. The van der Waals surface area contributed by atoms with Gasteiger partial charge in [-0.15, -0.1) is 0 Å². The minimum absolute atomic E-state index is 0.453. The Balaban J connectivity index is 2.13. The minimum Gasteiger partial charge on any atom is -0.497 e. The van der Waals surface area contributed by atoms with E-state index in [-0.39, 0.29) is 0 Å². The van der Waals surface area contributed by atoms with Crippen LogP contribution in [-0.4, -0.2) is 27.2 Å². The van der Waals surface area contributed by atoms with Gasteiger partial charge in [0.05, 0.1) is 7.11 Å². The molecule has 118 valence electrons. The van der Waals surface area contributed by atoms with Gasteiger partial charge >= 0.3 is 0 Å². The van der Waals surface area contributed by atoms with Gasteiger partial charge < -0.3 is 9.84 Å². The lowest BCUT2D eigenvalue weighted by molar-refractivity contribution is -0.0241. The van der Waals surface area contributed by atoms with Gasteiger partial charge in [0.1, 0.15) is 16.6 Å². The van der Waals surface area contributed by atoms with Crippen molar-refractivity contribution in [3.63, 3.8) is 0 Å². The maximum absolute atomic E-state index is 10.4. The van der Waals surface area contributed by atoms with Crippen LogP contribution in [0.4, 0.5) is 0 Å². The van der Waals surface area contributed by atoms with Gasteiger partial charge in [-0.25, -0.2) is 9.29 Å². The fraction of sp³-hybridized carbons (Fsp3) is 0.312. The van der Waals surface area contributed by atoms with E-state index in [1.165, 1.54) is 11.9 Å². The molecule has 0 aliphatic heterocycles. The summed E-state index contributed by atoms with van der Waals surface area (Å²) in [5.74, 6) is 0.813. The average molecular weight is 339 g/mol. The molecule has 0 aliphatic rings. The first kappa shape index (κ1) is 17.1. The molecule has 1 aromatic carbocycles. The van der Waals surface area contributed by atoms with E-state index in [2.05, 4.69) is 4.98 Å². The molecule has 0 fully saturated rings. The van der Waals surface area contributed by atoms with Crippen molar-refractivity contribution in [3.8, 4) is 5.75 Å². The molecule has 0 saturated carbocycles. The molecule has 0 bridgehead atoms. The van der Waals surface area contributed by atoms with Gasteiger partial charge in [0.15, 0.2) is 0 Å². The number of aliphatic hydroxyl groups is 1. The molecule has 0 radical (unpaired) electrons. The molecule has 6 heteroatoms. The van der Waals surface area contributed by atoms with Crippen LogP contribution in [0.5, 0.6) is 5.75 Å². The predicted molar refractivity (Wildman–Crippen MR) is 89.9 cm³/mol. The van der Waals surface area contributed by atoms with E-state index in [1.54, 1.807) is 33.2 Å². The molecule has 4 nitrogen and oxygen atoms in total. The third-order valence-electron chi connectivity index (χ3n) is 3.01. The highest BCUT2D eigenvalue weighted by atomic mass is 35.5. The summed E-state index contributed by atoms with van der Waals surface area (Å²) in [5.41, 5.74) is 0.0990. The lowest BCUT2D eigenvalue weighted by Crippen LogP contribution is -2.38. The minimum atomic E-state index is -0.982. The summed E-state index contributed by atoms with van der Waals surface area (Å²) in [6.45, 7) is 4.10. The van der Waals surface area contributed by atoms with Crippen molar-refractivity contribution in [3.05, 3.63) is 53.3 Å². The zero-order valence-electron chi connectivity index (χ0n) is 12.8. The van der Waals surface area contributed by atoms with E-state index in [0.29, 0.717) is 11.7 Å². The van der Waals surface area contributed by atoms with E-state index < -0.39 is 5.72 Å². The smallest absolute Gasteiger partial charge is 0.129 e. The van der Waals surface area contributed by atoms with Gasteiger partial charge in [-0.05, 0) is 55.6 Å². The summed E-state index contributed by atoms with van der Waals surface area (Å²) in [5, 5.41) is 10.8. The molecule has 1 N–H and O–H groups in total. The fourth-order valence-electron chi connectivity index (χ4n) is 1.78. The first-order chi connectivity index (χ1) is 10.4. The highest BCUT2D eigenvalue weighted by Gasteiger charge is 2.25. The maximum Gasteiger partial charge on any atom is 0.129 e. The van der Waals surface area contributed by atoms with Crippen LogP contribution in [0.3, 0.4) is 0 Å². The molecule has 2 aromatic rings. The molecule has 2 rings (SSSR count). The second-order valence-electron chi connectivity index (χ2n) is 5.29. The Bertz CT molecular complexity index is 597. The molecule has 0 aliphatic carbocycles. The van der Waals surface area contributed by atoms with Gasteiger partial charge in [-0.2, -0.15) is 0 Å². The van der Waals surface area contributed by atoms with Gasteiger partial charge in [0.2, 0.25) is 0 Å². The fourth-order valence-corrected chi connectivity index (χ4v) is 2.81. The van der Waals surface area contributed by atoms with Crippen molar-refractivity contribution >= 4 is 23.5 Å². The van der Waals surface area contributed by atoms with Gasteiger partial charge in [-0.3, -0.25) is 0 Å². The van der Waals surface area contributed by atoms with Crippen LogP contribution in [0.1, 0.15) is 19.4 Å². The molecular formula is C16H19ClN2O2S. The normalized spacial score (nSPS) is 11.7. The Hall–Kier alpha value is -1.27. The zero-order chi connectivity index (χ0) is 16.2. The van der Waals surface area contributed by atoms with E-state index in [9.17, 15) is 5.11 Å². The summed E-state index contributed by atoms with van der Waals surface area (Å²) < 4.78 is 7.05. The highest BCUT2D eigenvalue weighted by Crippen LogP contribution is 2.31. The van der Waals surface area contributed by atoms with Crippen molar-refractivity contribution < 1.29 is 9.84 Å². The number of rotatable bonds is 6. The highest BCUT2D eigenvalue weighted by molar-refractivity contribution is 7.97. The standard InChI is InChI=1S/C16H19ClN2O2S/c1-16(2,20)19(22-14-8-9-15(17)18-10-14)11-12-4-6-13(21-3)7-5-12/h4-10,20H,11H2,1-3H3. The third-order valence-corrected chi connectivity index (χ3v) is 4.48. The number of pyridine rings is 1. The number of ether oxygens (including phenoxy) is 1. The molecule has 22 heavy (non-hydrogen) atoms. The van der Waals surface area contributed by atoms with Crippen molar-refractivity contribution in [1.82, 2.24) is 9.29 Å². The van der Waals surface area contributed by atoms with Gasteiger partial charge in [-0.1, -0.05) is 23.7 Å². The van der Waals surface area contributed by atoms with E-state index in [0.717, 1.165) is 16.2 Å². The SMILES string of the molecule is COc1ccc(CN(Sc2ccc(Cl)nc2)C(C)(C)O)cc1. The first-order valence-corrected chi connectivity index (χ1v) is 7.96.